The fourth-order valence-electron chi connectivity index (χ4n) is 3.58. The van der Waals surface area contributed by atoms with Crippen LogP contribution in [0.15, 0.2) is 36.5 Å². The van der Waals surface area contributed by atoms with Crippen LogP contribution < -0.4 is 5.32 Å². The van der Waals surface area contributed by atoms with Gasteiger partial charge in [0.2, 0.25) is 0 Å². The largest absolute Gasteiger partial charge is 0.390 e. The number of carbonyl (C=O) groups is 1. The highest BCUT2D eigenvalue weighted by molar-refractivity contribution is 6.03. The third-order valence-corrected chi connectivity index (χ3v) is 5.47. The maximum atomic E-state index is 14.5. The number of aliphatic hydroxyl groups is 1. The van der Waals surface area contributed by atoms with Crippen molar-refractivity contribution in [2.45, 2.75) is 45.3 Å². The van der Waals surface area contributed by atoms with E-state index in [0.717, 1.165) is 23.9 Å². The SMILES string of the molecule is Cc1cccc(C(=O)Nc2cc3cn(C4CC(C(C)(C)O)C4)nc3cc2F)n1. The number of amides is 1. The predicted octanol–water partition coefficient (Wildman–Crippen LogP) is 3.85. The van der Waals surface area contributed by atoms with Gasteiger partial charge in [0.1, 0.15) is 11.5 Å². The summed E-state index contributed by atoms with van der Waals surface area (Å²) in [5.41, 5.74) is 0.896. The van der Waals surface area contributed by atoms with Crippen molar-refractivity contribution in [1.82, 2.24) is 14.8 Å². The number of aryl methyl sites for hydroxylation is 1. The first-order valence-electron chi connectivity index (χ1n) is 9.36. The number of nitrogens with one attached hydrogen (secondary N) is 1. The molecule has 1 aliphatic rings. The molecule has 28 heavy (non-hydrogen) atoms. The minimum Gasteiger partial charge on any atom is -0.390 e. The van der Waals surface area contributed by atoms with Gasteiger partial charge < -0.3 is 10.4 Å². The smallest absolute Gasteiger partial charge is 0.274 e. The molecule has 0 atom stereocenters. The Bertz CT molecular complexity index is 1050. The third kappa shape index (κ3) is 3.49. The van der Waals surface area contributed by atoms with Crippen molar-refractivity contribution in [2.75, 3.05) is 5.32 Å². The van der Waals surface area contributed by atoms with Crippen molar-refractivity contribution in [3.63, 3.8) is 0 Å². The van der Waals surface area contributed by atoms with Crippen LogP contribution >= 0.6 is 0 Å². The van der Waals surface area contributed by atoms with E-state index in [4.69, 9.17) is 0 Å². The quantitative estimate of drug-likeness (QED) is 0.718. The molecule has 146 valence electrons. The Labute approximate surface area is 162 Å². The summed E-state index contributed by atoms with van der Waals surface area (Å²) in [4.78, 5) is 16.5. The molecule has 0 unspecified atom stereocenters. The molecule has 0 aliphatic heterocycles. The van der Waals surface area contributed by atoms with Crippen LogP contribution in [0.4, 0.5) is 10.1 Å². The molecule has 0 radical (unpaired) electrons. The van der Waals surface area contributed by atoms with Gasteiger partial charge in [0.15, 0.2) is 0 Å². The molecule has 1 saturated carbocycles. The molecule has 4 rings (SSSR count). The van der Waals surface area contributed by atoms with Crippen LogP contribution in [0.2, 0.25) is 0 Å². The van der Waals surface area contributed by atoms with Gasteiger partial charge in [0.25, 0.3) is 5.91 Å². The number of carbonyl (C=O) groups excluding carboxylic acids is 1. The average Bonchev–Trinajstić information content (AvgIpc) is 2.94. The van der Waals surface area contributed by atoms with Gasteiger partial charge in [-0.15, -0.1) is 0 Å². The van der Waals surface area contributed by atoms with Crippen molar-refractivity contribution in [3.05, 3.63) is 53.7 Å². The van der Waals surface area contributed by atoms with Gasteiger partial charge >= 0.3 is 0 Å². The molecule has 2 heterocycles. The summed E-state index contributed by atoms with van der Waals surface area (Å²) in [5.74, 6) is -0.763. The van der Waals surface area contributed by atoms with Crippen molar-refractivity contribution >= 4 is 22.5 Å². The van der Waals surface area contributed by atoms with E-state index in [9.17, 15) is 14.3 Å². The predicted molar refractivity (Wildman–Crippen MR) is 105 cm³/mol. The van der Waals surface area contributed by atoms with Crippen LogP contribution in [0, 0.1) is 18.7 Å². The minimum absolute atomic E-state index is 0.100. The number of anilines is 1. The molecular formula is C21H23FN4O2. The van der Waals surface area contributed by atoms with Crippen LogP contribution in [0.25, 0.3) is 10.9 Å². The zero-order valence-corrected chi connectivity index (χ0v) is 16.1. The number of halogens is 1. The summed E-state index contributed by atoms with van der Waals surface area (Å²) < 4.78 is 16.3. The van der Waals surface area contributed by atoms with Crippen LogP contribution in [0.1, 0.15) is 48.9 Å². The number of rotatable bonds is 4. The zero-order valence-electron chi connectivity index (χ0n) is 16.1. The zero-order chi connectivity index (χ0) is 20.1. The Morgan fingerprint density at radius 3 is 2.75 bits per heavy atom. The van der Waals surface area contributed by atoms with Gasteiger partial charge in [-0.25, -0.2) is 9.37 Å². The summed E-state index contributed by atoms with van der Waals surface area (Å²) in [6.07, 6.45) is 3.53. The lowest BCUT2D eigenvalue weighted by molar-refractivity contribution is -0.0412. The molecule has 1 aliphatic carbocycles. The molecule has 1 amide bonds. The Hall–Kier alpha value is -2.80. The van der Waals surface area contributed by atoms with Crippen molar-refractivity contribution < 1.29 is 14.3 Å². The summed E-state index contributed by atoms with van der Waals surface area (Å²) >= 11 is 0. The summed E-state index contributed by atoms with van der Waals surface area (Å²) in [7, 11) is 0. The van der Waals surface area contributed by atoms with Crippen LogP contribution in [0.3, 0.4) is 0 Å². The first-order valence-corrected chi connectivity index (χ1v) is 9.36. The molecule has 2 aromatic heterocycles. The molecule has 6 nitrogen and oxygen atoms in total. The van der Waals surface area contributed by atoms with Gasteiger partial charge in [-0.05, 0) is 57.7 Å². The maximum absolute atomic E-state index is 14.5. The van der Waals surface area contributed by atoms with Gasteiger partial charge in [0, 0.05) is 23.3 Å². The summed E-state index contributed by atoms with van der Waals surface area (Å²) in [5, 5.41) is 17.9. The van der Waals surface area contributed by atoms with Crippen molar-refractivity contribution in [2.24, 2.45) is 5.92 Å². The minimum atomic E-state index is -0.698. The molecular weight excluding hydrogens is 359 g/mol. The standard InChI is InChI=1S/C21H23FN4O2/c1-12-5-4-6-17(23-12)20(27)24-19-7-13-11-26(25-18(13)10-16(19)22)15-8-14(9-15)21(2,3)28/h4-7,10-11,14-15,28H,8-9H2,1-3H3,(H,24,27). The van der Waals surface area contributed by atoms with E-state index in [1.54, 1.807) is 31.2 Å². The number of aromatic nitrogens is 3. The fraction of sp³-hybridized carbons (Fsp3) is 0.381. The maximum Gasteiger partial charge on any atom is 0.274 e. The highest BCUT2D eigenvalue weighted by atomic mass is 19.1. The van der Waals surface area contributed by atoms with Crippen molar-refractivity contribution in [3.8, 4) is 0 Å². The molecule has 0 spiro atoms. The van der Waals surface area contributed by atoms with Gasteiger partial charge in [-0.1, -0.05) is 6.07 Å². The third-order valence-electron chi connectivity index (χ3n) is 5.47. The number of fused-ring (bicyclic) bond motifs is 1. The highest BCUT2D eigenvalue weighted by Crippen LogP contribution is 2.44. The normalized spacial score (nSPS) is 19.5. The lowest BCUT2D eigenvalue weighted by atomic mass is 9.71. The Morgan fingerprint density at radius 2 is 2.07 bits per heavy atom. The lowest BCUT2D eigenvalue weighted by Gasteiger charge is -2.42. The molecule has 3 aromatic rings. The molecule has 1 fully saturated rings. The van der Waals surface area contributed by atoms with Crippen molar-refractivity contribution in [1.29, 1.82) is 0 Å². The number of nitrogens with zero attached hydrogens (tertiary/aromatic N) is 3. The summed E-state index contributed by atoms with van der Waals surface area (Å²) in [6, 6.07) is 8.24. The Balaban J connectivity index is 1.54. The number of pyridine rings is 1. The number of hydrogen-bond acceptors (Lipinski definition) is 4. The Morgan fingerprint density at radius 1 is 1.32 bits per heavy atom. The second-order valence-electron chi connectivity index (χ2n) is 8.09. The summed E-state index contributed by atoms with van der Waals surface area (Å²) in [6.45, 7) is 5.43. The molecule has 7 heteroatoms. The average molecular weight is 382 g/mol. The van der Waals surface area contributed by atoms with E-state index in [1.807, 2.05) is 24.7 Å². The van der Waals surface area contributed by atoms with E-state index in [1.165, 1.54) is 6.07 Å². The second kappa shape index (κ2) is 6.67. The topological polar surface area (TPSA) is 80.0 Å². The van der Waals surface area contributed by atoms with Crippen LogP contribution in [-0.2, 0) is 0 Å². The van der Waals surface area contributed by atoms with Gasteiger partial charge in [0.05, 0.1) is 22.8 Å². The van der Waals surface area contributed by atoms with Crippen LogP contribution in [-0.4, -0.2) is 31.4 Å². The lowest BCUT2D eigenvalue weighted by Crippen LogP contribution is -2.41. The number of benzene rings is 1. The number of hydrogen-bond donors (Lipinski definition) is 2. The molecule has 2 N–H and O–H groups in total. The fourth-order valence-corrected chi connectivity index (χ4v) is 3.58. The van der Waals surface area contributed by atoms with Gasteiger partial charge in [-0.2, -0.15) is 5.10 Å². The first kappa shape index (κ1) is 18.6. The molecule has 0 saturated heterocycles. The van der Waals surface area contributed by atoms with Crippen LogP contribution in [0.5, 0.6) is 0 Å². The second-order valence-corrected chi connectivity index (χ2v) is 8.09. The first-order chi connectivity index (χ1) is 13.2. The monoisotopic (exact) mass is 382 g/mol. The molecule has 0 bridgehead atoms. The highest BCUT2D eigenvalue weighted by Gasteiger charge is 2.40. The van der Waals surface area contributed by atoms with E-state index in [-0.39, 0.29) is 23.3 Å². The molecule has 1 aromatic carbocycles. The van der Waals surface area contributed by atoms with E-state index >= 15 is 0 Å². The van der Waals surface area contributed by atoms with E-state index in [0.29, 0.717) is 5.52 Å². The Kier molecular flexibility index (Phi) is 4.42. The van der Waals surface area contributed by atoms with E-state index < -0.39 is 17.3 Å². The van der Waals surface area contributed by atoms with Gasteiger partial charge in [-0.3, -0.25) is 9.48 Å². The van der Waals surface area contributed by atoms with E-state index in [2.05, 4.69) is 15.4 Å².